The van der Waals surface area contributed by atoms with Crippen LogP contribution in [0.5, 0.6) is 5.75 Å². The van der Waals surface area contributed by atoms with Crippen LogP contribution in [0.1, 0.15) is 0 Å². The van der Waals surface area contributed by atoms with E-state index in [9.17, 15) is 25.8 Å². The molecule has 1 N–H and O–H groups in total. The van der Waals surface area contributed by atoms with Crippen molar-refractivity contribution in [3.8, 4) is 5.75 Å². The van der Waals surface area contributed by atoms with E-state index in [-0.39, 0.29) is 0 Å². The Balaban J connectivity index is 3.17. The van der Waals surface area contributed by atoms with E-state index in [4.69, 9.17) is 10.1 Å². The minimum atomic E-state index is -4.94. The van der Waals surface area contributed by atoms with Gasteiger partial charge in [0.25, 0.3) is 20.9 Å². The molecule has 12 heteroatoms. The van der Waals surface area contributed by atoms with E-state index in [1.165, 1.54) is 0 Å². The molecule has 0 aliphatic rings. The summed E-state index contributed by atoms with van der Waals surface area (Å²) in [5.41, 5.74) is 8.38. The molecular formula is C8H5F3N2O5S2. The third-order valence-corrected chi connectivity index (χ3v) is 4.73. The summed E-state index contributed by atoms with van der Waals surface area (Å²) in [5, 5.41) is 0. The van der Waals surface area contributed by atoms with Gasteiger partial charge in [-0.3, -0.25) is 4.55 Å². The Kier molecular flexibility index (Phi) is 4.65. The number of rotatable bonds is 2. The summed E-state index contributed by atoms with van der Waals surface area (Å²) in [6, 6.07) is 2.79. The summed E-state index contributed by atoms with van der Waals surface area (Å²) in [5.74, 6) is -0.677. The standard InChI is InChI=1S/C8H5F3N2O5S2/c9-8(10,11)18-5-1-3-6(4-2-5)20(16,17)7(13-12)19(14)15/h1-4H,(H,14,15). The van der Waals surface area contributed by atoms with Gasteiger partial charge in [0.05, 0.1) is 4.90 Å². The van der Waals surface area contributed by atoms with Crippen LogP contribution in [-0.2, 0) is 20.9 Å². The van der Waals surface area contributed by atoms with Crippen LogP contribution in [-0.4, -0.2) is 32.7 Å². The van der Waals surface area contributed by atoms with Crippen molar-refractivity contribution in [3.63, 3.8) is 0 Å². The molecule has 0 saturated carbocycles. The highest BCUT2D eigenvalue weighted by atomic mass is 32.3. The average Bonchev–Trinajstić information content (AvgIpc) is 2.27. The fraction of sp³-hybridized carbons (Fsp3) is 0.125. The molecule has 0 aromatic heterocycles. The Morgan fingerprint density at radius 2 is 1.80 bits per heavy atom. The maximum atomic E-state index is 11.9. The number of sulfone groups is 1. The van der Waals surface area contributed by atoms with Crippen LogP contribution in [0.4, 0.5) is 13.2 Å². The lowest BCUT2D eigenvalue weighted by Crippen LogP contribution is -2.21. The number of ether oxygens (including phenoxy) is 1. The SMILES string of the molecule is [N-]=[N+]=C(S(=O)O)S(=O)(=O)c1ccc(OC(F)(F)F)cc1. The average molecular weight is 330 g/mol. The Bertz CT molecular complexity index is 677. The normalized spacial score (nSPS) is 13.4. The van der Waals surface area contributed by atoms with Crippen molar-refractivity contribution in [1.29, 1.82) is 0 Å². The maximum Gasteiger partial charge on any atom is 0.573 e. The molecule has 7 nitrogen and oxygen atoms in total. The van der Waals surface area contributed by atoms with Crippen LogP contribution in [0.3, 0.4) is 0 Å². The number of benzene rings is 1. The van der Waals surface area contributed by atoms with Gasteiger partial charge in [-0.25, -0.2) is 12.6 Å². The smallest absolute Gasteiger partial charge is 0.406 e. The lowest BCUT2D eigenvalue weighted by molar-refractivity contribution is -0.274. The molecular weight excluding hydrogens is 325 g/mol. The first kappa shape index (κ1) is 16.3. The highest BCUT2D eigenvalue weighted by Gasteiger charge is 2.36. The topological polar surface area (TPSA) is 117 Å². The van der Waals surface area contributed by atoms with Crippen molar-refractivity contribution in [3.05, 3.63) is 29.8 Å². The molecule has 0 saturated heterocycles. The van der Waals surface area contributed by atoms with E-state index >= 15 is 0 Å². The van der Waals surface area contributed by atoms with Gasteiger partial charge in [0, 0.05) is 0 Å². The molecule has 0 heterocycles. The molecule has 0 bridgehead atoms. The second-order valence-corrected chi connectivity index (χ2v) is 6.15. The Labute approximate surface area is 112 Å². The third kappa shape index (κ3) is 3.87. The van der Waals surface area contributed by atoms with Gasteiger partial charge in [0.15, 0.2) is 0 Å². The summed E-state index contributed by atoms with van der Waals surface area (Å²) in [4.78, 5) is 1.55. The molecule has 110 valence electrons. The van der Waals surface area contributed by atoms with E-state index in [1.807, 2.05) is 0 Å². The lowest BCUT2D eigenvalue weighted by atomic mass is 10.3. The first-order chi connectivity index (χ1) is 9.08. The Hall–Kier alpha value is -1.75. The van der Waals surface area contributed by atoms with Gasteiger partial charge in [0.2, 0.25) is 0 Å². The van der Waals surface area contributed by atoms with Gasteiger partial charge >= 0.3 is 10.7 Å². The second-order valence-electron chi connectivity index (χ2n) is 3.14. The largest absolute Gasteiger partial charge is 0.573 e. The zero-order valence-electron chi connectivity index (χ0n) is 9.23. The first-order valence-corrected chi connectivity index (χ1v) is 7.11. The van der Waals surface area contributed by atoms with Gasteiger partial charge < -0.3 is 10.3 Å². The summed E-state index contributed by atoms with van der Waals surface area (Å²) < 4.78 is 80.5. The number of nitrogens with zero attached hydrogens (tertiary/aromatic N) is 2. The van der Waals surface area contributed by atoms with Crippen molar-refractivity contribution in [2.75, 3.05) is 0 Å². The number of halogens is 3. The molecule has 0 fully saturated rings. The minimum absolute atomic E-state index is 0.637. The maximum absolute atomic E-state index is 11.9. The fourth-order valence-electron chi connectivity index (χ4n) is 1.10. The molecule has 1 atom stereocenters. The van der Waals surface area contributed by atoms with Crippen molar-refractivity contribution in [2.45, 2.75) is 11.3 Å². The third-order valence-electron chi connectivity index (χ3n) is 1.83. The lowest BCUT2D eigenvalue weighted by Gasteiger charge is -2.08. The molecule has 0 aliphatic heterocycles. The molecule has 0 spiro atoms. The van der Waals surface area contributed by atoms with Crippen molar-refractivity contribution >= 4 is 25.3 Å². The van der Waals surface area contributed by atoms with Crippen LogP contribution in [0, 0.1) is 0 Å². The fourth-order valence-corrected chi connectivity index (χ4v) is 3.02. The molecule has 0 amide bonds. The van der Waals surface area contributed by atoms with Crippen LogP contribution in [0.25, 0.3) is 5.53 Å². The van der Waals surface area contributed by atoms with Crippen LogP contribution < -0.4 is 4.74 Å². The zero-order chi connectivity index (χ0) is 15.6. The number of alkyl halides is 3. The van der Waals surface area contributed by atoms with Crippen molar-refractivity contribution in [2.24, 2.45) is 0 Å². The summed E-state index contributed by atoms with van der Waals surface area (Å²) in [7, 11) is -4.60. The summed E-state index contributed by atoms with van der Waals surface area (Å²) >= 11 is -3.09. The predicted molar refractivity (Wildman–Crippen MR) is 59.7 cm³/mol. The summed E-state index contributed by atoms with van der Waals surface area (Å²) in [6.07, 6.45) is -4.94. The van der Waals surface area contributed by atoms with Gasteiger partial charge in [-0.1, -0.05) is 0 Å². The Morgan fingerprint density at radius 3 is 2.15 bits per heavy atom. The quantitative estimate of drug-likeness (QED) is 0.287. The molecule has 1 rings (SSSR count). The van der Waals surface area contributed by atoms with Crippen molar-refractivity contribution < 1.29 is 39.9 Å². The molecule has 1 aromatic carbocycles. The second kappa shape index (κ2) is 5.71. The highest BCUT2D eigenvalue weighted by molar-refractivity contribution is 8.26. The molecule has 1 unspecified atom stereocenters. The summed E-state index contributed by atoms with van der Waals surface area (Å²) in [6.45, 7) is 0. The number of hydrogen-bond donors (Lipinski definition) is 1. The van der Waals surface area contributed by atoms with E-state index in [0.29, 0.717) is 24.3 Å². The van der Waals surface area contributed by atoms with E-state index in [0.717, 1.165) is 0 Å². The van der Waals surface area contributed by atoms with Gasteiger partial charge in [0.1, 0.15) is 5.75 Å². The molecule has 20 heavy (non-hydrogen) atoms. The van der Waals surface area contributed by atoms with Gasteiger partial charge in [-0.05, 0) is 24.3 Å². The van der Waals surface area contributed by atoms with E-state index in [2.05, 4.69) is 9.53 Å². The van der Waals surface area contributed by atoms with Gasteiger partial charge in [-0.15, -0.1) is 18.0 Å². The van der Waals surface area contributed by atoms with E-state index < -0.39 is 42.3 Å². The zero-order valence-corrected chi connectivity index (χ0v) is 10.9. The highest BCUT2D eigenvalue weighted by Crippen LogP contribution is 2.24. The first-order valence-electron chi connectivity index (χ1n) is 4.52. The van der Waals surface area contributed by atoms with Crippen LogP contribution in [0.15, 0.2) is 29.2 Å². The number of hydrogen-bond acceptors (Lipinski definition) is 4. The van der Waals surface area contributed by atoms with E-state index in [1.54, 1.807) is 0 Å². The molecule has 0 radical (unpaired) electrons. The Morgan fingerprint density at radius 1 is 1.30 bits per heavy atom. The van der Waals surface area contributed by atoms with Crippen LogP contribution >= 0.6 is 0 Å². The minimum Gasteiger partial charge on any atom is -0.406 e. The van der Waals surface area contributed by atoms with Gasteiger partial charge in [-0.2, -0.15) is 0 Å². The monoisotopic (exact) mass is 330 g/mol. The molecule has 0 aliphatic carbocycles. The predicted octanol–water partition coefficient (Wildman–Crippen LogP) is 1.17. The molecule has 1 aromatic rings. The van der Waals surface area contributed by atoms with Crippen LogP contribution in [0.2, 0.25) is 0 Å². The van der Waals surface area contributed by atoms with Crippen molar-refractivity contribution in [1.82, 2.24) is 0 Å².